The second-order valence-electron chi connectivity index (χ2n) is 4.37. The van der Waals surface area contributed by atoms with Crippen molar-refractivity contribution in [1.29, 1.82) is 0 Å². The predicted molar refractivity (Wildman–Crippen MR) is 70.3 cm³/mol. The van der Waals surface area contributed by atoms with Gasteiger partial charge in [0.05, 0.1) is 0 Å². The van der Waals surface area contributed by atoms with Crippen molar-refractivity contribution in [2.75, 3.05) is 0 Å². The molecule has 2 aromatic rings. The molecule has 2 aromatic carbocycles. The van der Waals surface area contributed by atoms with Crippen LogP contribution in [0.1, 0.15) is 22.3 Å². The van der Waals surface area contributed by atoms with Gasteiger partial charge in [0.15, 0.2) is 0 Å². The van der Waals surface area contributed by atoms with Crippen molar-refractivity contribution >= 4 is 11.8 Å². The molecule has 0 N–H and O–H groups in total. The van der Waals surface area contributed by atoms with E-state index in [1.165, 1.54) is 22.3 Å². The van der Waals surface area contributed by atoms with Crippen molar-refractivity contribution in [3.63, 3.8) is 0 Å². The number of hydrogen-bond acceptors (Lipinski definition) is 1. The summed E-state index contributed by atoms with van der Waals surface area (Å²) in [6.45, 7) is 2.78. The number of hydrogen-bond donors (Lipinski definition) is 0. The smallest absolute Gasteiger partial charge is 0.128 e. The maximum atomic E-state index is 5.72. The molecule has 1 heterocycles. The van der Waals surface area contributed by atoms with Gasteiger partial charge in [0, 0.05) is 11.1 Å². The third-order valence-corrected chi connectivity index (χ3v) is 3.04. The highest BCUT2D eigenvalue weighted by Gasteiger charge is 2.16. The van der Waals surface area contributed by atoms with Gasteiger partial charge in [0.25, 0.3) is 0 Å². The van der Waals surface area contributed by atoms with Gasteiger partial charge in [-0.05, 0) is 18.6 Å². The maximum absolute atomic E-state index is 5.72. The van der Waals surface area contributed by atoms with Crippen LogP contribution in [0.15, 0.2) is 48.5 Å². The third-order valence-electron chi connectivity index (χ3n) is 3.04. The van der Waals surface area contributed by atoms with Crippen molar-refractivity contribution in [3.05, 3.63) is 70.8 Å². The summed E-state index contributed by atoms with van der Waals surface area (Å²) in [5, 5.41) is 0. The van der Waals surface area contributed by atoms with E-state index in [4.69, 9.17) is 4.74 Å². The number of aryl methyl sites for hydroxylation is 1. The minimum Gasteiger partial charge on any atom is -0.488 e. The van der Waals surface area contributed by atoms with Crippen LogP contribution in [0.3, 0.4) is 0 Å². The van der Waals surface area contributed by atoms with E-state index in [1.54, 1.807) is 0 Å². The van der Waals surface area contributed by atoms with E-state index >= 15 is 0 Å². The molecule has 0 unspecified atom stereocenters. The lowest BCUT2D eigenvalue weighted by Crippen LogP contribution is -1.80. The summed E-state index contributed by atoms with van der Waals surface area (Å²) in [6, 6.07) is 16.8. The number of fused-ring (bicyclic) bond motifs is 1. The molecule has 1 aliphatic heterocycles. The van der Waals surface area contributed by atoms with Crippen LogP contribution in [-0.2, 0) is 11.3 Å². The Bertz CT molecular complexity index is 564. The molecule has 17 heavy (non-hydrogen) atoms. The lowest BCUT2D eigenvalue weighted by atomic mass is 10.1. The monoisotopic (exact) mass is 222 g/mol. The van der Waals surface area contributed by atoms with Crippen LogP contribution >= 0.6 is 0 Å². The molecule has 3 rings (SSSR count). The first-order valence-corrected chi connectivity index (χ1v) is 5.82. The number of benzene rings is 2. The Morgan fingerprint density at radius 3 is 2.59 bits per heavy atom. The Kier molecular flexibility index (Phi) is 2.45. The molecule has 1 nitrogen and oxygen atoms in total. The van der Waals surface area contributed by atoms with Crippen LogP contribution in [0, 0.1) is 6.92 Å². The maximum Gasteiger partial charge on any atom is 0.128 e. The summed E-state index contributed by atoms with van der Waals surface area (Å²) in [6.07, 6.45) is 2.10. The number of rotatable bonds is 1. The average Bonchev–Trinajstić information content (AvgIpc) is 2.76. The minimum absolute atomic E-state index is 0.688. The van der Waals surface area contributed by atoms with E-state index in [0.29, 0.717) is 6.61 Å². The Morgan fingerprint density at radius 1 is 1.00 bits per heavy atom. The summed E-state index contributed by atoms with van der Waals surface area (Å²) >= 11 is 0. The van der Waals surface area contributed by atoms with E-state index in [9.17, 15) is 0 Å². The quantitative estimate of drug-likeness (QED) is 0.708. The molecular formula is C16H14O. The third kappa shape index (κ3) is 1.96. The second-order valence-corrected chi connectivity index (χ2v) is 4.37. The van der Waals surface area contributed by atoms with Crippen LogP contribution in [0.5, 0.6) is 0 Å². The van der Waals surface area contributed by atoms with Crippen molar-refractivity contribution in [1.82, 2.24) is 0 Å². The molecule has 0 radical (unpaired) electrons. The molecule has 0 fully saturated rings. The molecule has 0 amide bonds. The lowest BCUT2D eigenvalue weighted by molar-refractivity contribution is 0.287. The summed E-state index contributed by atoms with van der Waals surface area (Å²) < 4.78 is 5.72. The molecule has 0 saturated carbocycles. The zero-order valence-corrected chi connectivity index (χ0v) is 9.81. The molecular weight excluding hydrogens is 208 g/mol. The second kappa shape index (κ2) is 4.10. The summed E-state index contributed by atoms with van der Waals surface area (Å²) in [4.78, 5) is 0. The zero-order valence-electron chi connectivity index (χ0n) is 9.81. The fourth-order valence-corrected chi connectivity index (χ4v) is 2.05. The minimum atomic E-state index is 0.688. The SMILES string of the molecule is Cc1ccc(/C=C2\OCc3ccccc32)cc1. The van der Waals surface area contributed by atoms with Crippen molar-refractivity contribution in [2.45, 2.75) is 13.5 Å². The van der Waals surface area contributed by atoms with Gasteiger partial charge >= 0.3 is 0 Å². The summed E-state index contributed by atoms with van der Waals surface area (Å²) in [5.41, 5.74) is 4.95. The Morgan fingerprint density at radius 2 is 1.76 bits per heavy atom. The van der Waals surface area contributed by atoms with Gasteiger partial charge in [-0.2, -0.15) is 0 Å². The molecule has 0 spiro atoms. The van der Waals surface area contributed by atoms with Crippen LogP contribution in [-0.4, -0.2) is 0 Å². The Labute approximate surface area is 101 Å². The first-order chi connectivity index (χ1) is 8.33. The molecule has 0 atom stereocenters. The van der Waals surface area contributed by atoms with Gasteiger partial charge in [-0.15, -0.1) is 0 Å². The van der Waals surface area contributed by atoms with Gasteiger partial charge in [-0.25, -0.2) is 0 Å². The van der Waals surface area contributed by atoms with Crippen LogP contribution < -0.4 is 0 Å². The highest BCUT2D eigenvalue weighted by atomic mass is 16.5. The van der Waals surface area contributed by atoms with E-state index in [2.05, 4.69) is 61.5 Å². The van der Waals surface area contributed by atoms with E-state index < -0.39 is 0 Å². The molecule has 1 heteroatoms. The fraction of sp³-hybridized carbons (Fsp3) is 0.125. The number of ether oxygens (including phenoxy) is 1. The molecule has 1 aliphatic rings. The van der Waals surface area contributed by atoms with E-state index in [-0.39, 0.29) is 0 Å². The highest BCUT2D eigenvalue weighted by Crippen LogP contribution is 2.30. The van der Waals surface area contributed by atoms with E-state index in [1.807, 2.05) is 0 Å². The molecule has 0 aromatic heterocycles. The first-order valence-electron chi connectivity index (χ1n) is 5.82. The van der Waals surface area contributed by atoms with Crippen LogP contribution in [0.4, 0.5) is 0 Å². The largest absolute Gasteiger partial charge is 0.488 e. The van der Waals surface area contributed by atoms with Crippen molar-refractivity contribution in [2.24, 2.45) is 0 Å². The van der Waals surface area contributed by atoms with Crippen LogP contribution in [0.25, 0.3) is 11.8 Å². The topological polar surface area (TPSA) is 9.23 Å². The van der Waals surface area contributed by atoms with Gasteiger partial charge in [-0.3, -0.25) is 0 Å². The van der Waals surface area contributed by atoms with Gasteiger partial charge < -0.3 is 4.74 Å². The van der Waals surface area contributed by atoms with Gasteiger partial charge in [0.1, 0.15) is 12.4 Å². The molecule has 0 aliphatic carbocycles. The highest BCUT2D eigenvalue weighted by molar-refractivity contribution is 5.80. The van der Waals surface area contributed by atoms with Gasteiger partial charge in [-0.1, -0.05) is 54.1 Å². The fourth-order valence-electron chi connectivity index (χ4n) is 2.05. The molecule has 0 saturated heterocycles. The summed E-state index contributed by atoms with van der Waals surface area (Å²) in [5.74, 6) is 0.976. The Balaban J connectivity index is 1.99. The molecule has 84 valence electrons. The summed E-state index contributed by atoms with van der Waals surface area (Å²) in [7, 11) is 0. The average molecular weight is 222 g/mol. The zero-order chi connectivity index (χ0) is 11.7. The lowest BCUT2D eigenvalue weighted by Gasteiger charge is -2.00. The normalized spacial score (nSPS) is 15.7. The predicted octanol–water partition coefficient (Wildman–Crippen LogP) is 4.02. The Hall–Kier alpha value is -2.02. The van der Waals surface area contributed by atoms with Crippen LogP contribution in [0.2, 0.25) is 0 Å². The van der Waals surface area contributed by atoms with Crippen molar-refractivity contribution in [3.8, 4) is 0 Å². The standard InChI is InChI=1S/C16H14O/c1-12-6-8-13(9-7-12)10-16-15-5-3-2-4-14(15)11-17-16/h2-10H,11H2,1H3/b16-10-. The van der Waals surface area contributed by atoms with Gasteiger partial charge in [0.2, 0.25) is 0 Å². The van der Waals surface area contributed by atoms with Crippen molar-refractivity contribution < 1.29 is 4.74 Å². The van der Waals surface area contributed by atoms with E-state index in [0.717, 1.165) is 5.76 Å². The first kappa shape index (κ1) is 10.2. The molecule has 0 bridgehead atoms.